The normalized spacial score (nSPS) is 16.6. The van der Waals surface area contributed by atoms with Crippen molar-refractivity contribution >= 4 is 33.3 Å². The van der Waals surface area contributed by atoms with Crippen LogP contribution in [0.5, 0.6) is 0 Å². The van der Waals surface area contributed by atoms with Crippen LogP contribution < -0.4 is 5.32 Å². The molecule has 0 saturated carbocycles. The van der Waals surface area contributed by atoms with Gasteiger partial charge >= 0.3 is 6.03 Å². The van der Waals surface area contributed by atoms with Crippen molar-refractivity contribution in [1.82, 2.24) is 14.9 Å². The molecule has 140 valence electrons. The molecule has 3 aromatic rings. The molecule has 27 heavy (non-hydrogen) atoms. The molecule has 1 aliphatic heterocycles. The highest BCUT2D eigenvalue weighted by Crippen LogP contribution is 2.25. The maximum Gasteiger partial charge on any atom is 0.322 e. The van der Waals surface area contributed by atoms with E-state index in [2.05, 4.69) is 15.3 Å². The Hall–Kier alpha value is -2.51. The smallest absolute Gasteiger partial charge is 0.322 e. The number of fused-ring (bicyclic) bond motifs is 1. The fourth-order valence-corrected chi connectivity index (χ4v) is 4.09. The lowest BCUT2D eigenvalue weighted by Crippen LogP contribution is -2.39. The van der Waals surface area contributed by atoms with Crippen molar-refractivity contribution in [2.45, 2.75) is 32.4 Å². The number of aryl methyl sites for hydroxylation is 1. The summed E-state index contributed by atoms with van der Waals surface area (Å²) in [5.41, 5.74) is 2.71. The first kappa shape index (κ1) is 17.9. The monoisotopic (exact) mass is 382 g/mol. The Morgan fingerprint density at radius 1 is 1.33 bits per heavy atom. The molecule has 0 bridgehead atoms. The number of nitrogens with zero attached hydrogens (tertiary/aromatic N) is 3. The van der Waals surface area contributed by atoms with Crippen molar-refractivity contribution < 1.29 is 9.53 Å². The zero-order valence-corrected chi connectivity index (χ0v) is 16.0. The van der Waals surface area contributed by atoms with Crippen LogP contribution in [-0.4, -0.2) is 40.2 Å². The molecule has 1 aliphatic rings. The Morgan fingerprint density at radius 2 is 2.19 bits per heavy atom. The summed E-state index contributed by atoms with van der Waals surface area (Å²) in [6.45, 7) is 3.86. The van der Waals surface area contributed by atoms with Crippen molar-refractivity contribution in [3.8, 4) is 0 Å². The van der Waals surface area contributed by atoms with Gasteiger partial charge in [0.05, 0.1) is 21.3 Å². The Balaban J connectivity index is 1.50. The van der Waals surface area contributed by atoms with Crippen molar-refractivity contribution in [3.05, 3.63) is 53.3 Å². The number of carbonyl (C=O) groups excluding carboxylic acids is 1. The van der Waals surface area contributed by atoms with E-state index >= 15 is 0 Å². The number of rotatable bonds is 5. The second-order valence-electron chi connectivity index (χ2n) is 6.72. The van der Waals surface area contributed by atoms with Gasteiger partial charge in [0, 0.05) is 37.8 Å². The van der Waals surface area contributed by atoms with Crippen molar-refractivity contribution in [3.63, 3.8) is 0 Å². The van der Waals surface area contributed by atoms with E-state index in [9.17, 15) is 4.79 Å². The maximum absolute atomic E-state index is 13.0. The fourth-order valence-electron chi connectivity index (χ4n) is 3.28. The number of hydrogen-bond donors (Lipinski definition) is 1. The highest BCUT2D eigenvalue weighted by Gasteiger charge is 2.23. The van der Waals surface area contributed by atoms with Crippen LogP contribution >= 0.6 is 11.3 Å². The molecule has 1 N–H and O–H groups in total. The summed E-state index contributed by atoms with van der Waals surface area (Å²) in [4.78, 5) is 23.3. The van der Waals surface area contributed by atoms with E-state index < -0.39 is 0 Å². The molecule has 2 aromatic heterocycles. The number of hydrogen-bond acceptors (Lipinski definition) is 5. The lowest BCUT2D eigenvalue weighted by molar-refractivity contribution is 0.0819. The van der Waals surface area contributed by atoms with E-state index in [4.69, 9.17) is 4.74 Å². The predicted molar refractivity (Wildman–Crippen MR) is 107 cm³/mol. The Morgan fingerprint density at radius 3 is 2.96 bits per heavy atom. The Labute approximate surface area is 162 Å². The van der Waals surface area contributed by atoms with Crippen molar-refractivity contribution in [2.24, 2.45) is 0 Å². The van der Waals surface area contributed by atoms with Gasteiger partial charge in [-0.05, 0) is 55.7 Å². The van der Waals surface area contributed by atoms with E-state index in [-0.39, 0.29) is 12.1 Å². The average Bonchev–Trinajstić information content (AvgIpc) is 3.30. The number of urea groups is 1. The second kappa shape index (κ2) is 8.02. The number of thiazole rings is 1. The van der Waals surface area contributed by atoms with E-state index in [0.717, 1.165) is 45.9 Å². The number of anilines is 1. The number of nitrogens with one attached hydrogen (secondary N) is 1. The van der Waals surface area contributed by atoms with Gasteiger partial charge in [0.15, 0.2) is 0 Å². The lowest BCUT2D eigenvalue weighted by atomic mass is 10.2. The minimum Gasteiger partial charge on any atom is -0.376 e. The van der Waals surface area contributed by atoms with Crippen molar-refractivity contribution in [2.75, 3.05) is 18.5 Å². The third kappa shape index (κ3) is 4.43. The number of ether oxygens (including phenoxy) is 1. The third-order valence-corrected chi connectivity index (χ3v) is 5.56. The van der Waals surface area contributed by atoms with Crippen LogP contribution in [0, 0.1) is 6.92 Å². The minimum atomic E-state index is -0.131. The third-order valence-electron chi connectivity index (χ3n) is 4.60. The van der Waals surface area contributed by atoms with Crippen LogP contribution in [0.3, 0.4) is 0 Å². The molecule has 1 atom stereocenters. The van der Waals surface area contributed by atoms with E-state index in [1.165, 1.54) is 0 Å². The molecule has 4 rings (SSSR count). The summed E-state index contributed by atoms with van der Waals surface area (Å²) < 4.78 is 6.86. The van der Waals surface area contributed by atoms with Crippen molar-refractivity contribution in [1.29, 1.82) is 0 Å². The van der Waals surface area contributed by atoms with Gasteiger partial charge in [0.1, 0.15) is 0 Å². The molecule has 1 aromatic carbocycles. The van der Waals surface area contributed by atoms with Gasteiger partial charge in [-0.15, -0.1) is 11.3 Å². The first-order valence-electron chi connectivity index (χ1n) is 9.11. The van der Waals surface area contributed by atoms with E-state index in [0.29, 0.717) is 13.1 Å². The van der Waals surface area contributed by atoms with Gasteiger partial charge < -0.3 is 15.0 Å². The SMILES string of the molecule is Cc1nc2cc(NC(=O)N(Cc3ccncc3)CC3CCCO3)ccc2s1. The van der Waals surface area contributed by atoms with Crippen LogP contribution in [0.1, 0.15) is 23.4 Å². The van der Waals surface area contributed by atoms with Gasteiger partial charge in [-0.3, -0.25) is 4.98 Å². The van der Waals surface area contributed by atoms with Crippen LogP contribution in [-0.2, 0) is 11.3 Å². The summed E-state index contributed by atoms with van der Waals surface area (Å²) in [5.74, 6) is 0. The number of benzene rings is 1. The summed E-state index contributed by atoms with van der Waals surface area (Å²) in [6, 6.07) is 9.58. The minimum absolute atomic E-state index is 0.0984. The van der Waals surface area contributed by atoms with E-state index in [1.807, 2.05) is 42.2 Å². The van der Waals surface area contributed by atoms with Gasteiger partial charge in [0.25, 0.3) is 0 Å². The first-order valence-corrected chi connectivity index (χ1v) is 9.93. The highest BCUT2D eigenvalue weighted by atomic mass is 32.1. The van der Waals surface area contributed by atoms with Crippen LogP contribution in [0.15, 0.2) is 42.7 Å². The predicted octanol–water partition coefficient (Wildman–Crippen LogP) is 4.21. The average molecular weight is 382 g/mol. The molecule has 1 fully saturated rings. The van der Waals surface area contributed by atoms with Gasteiger partial charge in [-0.25, -0.2) is 9.78 Å². The molecule has 1 unspecified atom stereocenters. The zero-order valence-electron chi connectivity index (χ0n) is 15.2. The van der Waals surface area contributed by atoms with E-state index in [1.54, 1.807) is 23.7 Å². The molecule has 1 saturated heterocycles. The quantitative estimate of drug-likeness (QED) is 0.718. The number of pyridine rings is 1. The largest absolute Gasteiger partial charge is 0.376 e. The van der Waals surface area contributed by atoms with Gasteiger partial charge in [0.2, 0.25) is 0 Å². The summed E-state index contributed by atoms with van der Waals surface area (Å²) in [6.07, 6.45) is 5.63. The summed E-state index contributed by atoms with van der Waals surface area (Å²) in [5, 5.41) is 4.04. The molecule has 2 amide bonds. The lowest BCUT2D eigenvalue weighted by Gasteiger charge is -2.26. The topological polar surface area (TPSA) is 67.4 Å². The standard InChI is InChI=1S/C20H22N4O2S/c1-14-22-18-11-16(4-5-19(18)27-14)23-20(25)24(13-17-3-2-10-26-17)12-15-6-8-21-9-7-15/h4-9,11,17H,2-3,10,12-13H2,1H3,(H,23,25). The second-order valence-corrected chi connectivity index (χ2v) is 7.95. The molecule has 0 aliphatic carbocycles. The van der Waals surface area contributed by atoms with Crippen LogP contribution in [0.25, 0.3) is 10.2 Å². The molecule has 0 radical (unpaired) electrons. The number of carbonyl (C=O) groups is 1. The number of aromatic nitrogens is 2. The molecule has 0 spiro atoms. The molecule has 7 heteroatoms. The first-order chi connectivity index (χ1) is 13.2. The van der Waals surface area contributed by atoms with Gasteiger partial charge in [-0.1, -0.05) is 0 Å². The zero-order chi connectivity index (χ0) is 18.6. The highest BCUT2D eigenvalue weighted by molar-refractivity contribution is 7.18. The van der Waals surface area contributed by atoms with Crippen LogP contribution in [0.4, 0.5) is 10.5 Å². The maximum atomic E-state index is 13.0. The van der Waals surface area contributed by atoms with Gasteiger partial charge in [-0.2, -0.15) is 0 Å². The number of amides is 2. The summed E-state index contributed by atoms with van der Waals surface area (Å²) >= 11 is 1.65. The molecular weight excluding hydrogens is 360 g/mol. The Kier molecular flexibility index (Phi) is 5.31. The van der Waals surface area contributed by atoms with Crippen LogP contribution in [0.2, 0.25) is 0 Å². The Bertz CT molecular complexity index is 922. The molecule has 3 heterocycles. The molecular formula is C20H22N4O2S. The summed E-state index contributed by atoms with van der Waals surface area (Å²) in [7, 11) is 0. The molecule has 6 nitrogen and oxygen atoms in total. The fraction of sp³-hybridized carbons (Fsp3) is 0.350.